The lowest BCUT2D eigenvalue weighted by atomic mass is 10.1. The monoisotopic (exact) mass is 433 g/mol. The molecule has 0 saturated carbocycles. The van der Waals surface area contributed by atoms with Crippen LogP contribution in [0.4, 0.5) is 0 Å². The third-order valence-electron chi connectivity index (χ3n) is 3.66. The molecule has 0 bridgehead atoms. The normalized spacial score (nSPS) is 10.3. The van der Waals surface area contributed by atoms with Crippen molar-refractivity contribution < 1.29 is 19.1 Å². The molecule has 0 aliphatic rings. The summed E-state index contributed by atoms with van der Waals surface area (Å²) in [5, 5.41) is 3.00. The summed E-state index contributed by atoms with van der Waals surface area (Å²) < 4.78 is 10.4. The predicted molar refractivity (Wildman–Crippen MR) is 116 cm³/mol. The number of amides is 2. The Bertz CT molecular complexity index is 916. The fourth-order valence-electron chi connectivity index (χ4n) is 2.27. The maximum atomic E-state index is 12.0. The first kappa shape index (κ1) is 22.2. The smallest absolute Gasteiger partial charge is 0.250 e. The lowest BCUT2D eigenvalue weighted by Gasteiger charge is -2.10. The first-order chi connectivity index (χ1) is 13.9. The molecular formula is C20H20ClN3O4S. The molecule has 7 nitrogen and oxygen atoms in total. The van der Waals surface area contributed by atoms with Gasteiger partial charge in [0, 0.05) is 11.1 Å². The lowest BCUT2D eigenvalue weighted by Crippen LogP contribution is -2.48. The highest BCUT2D eigenvalue weighted by Gasteiger charge is 2.06. The number of methoxy groups -OCH3 is 2. The van der Waals surface area contributed by atoms with Crippen LogP contribution in [0, 0.1) is 0 Å². The minimum Gasteiger partial charge on any atom is -0.493 e. The first-order valence-corrected chi connectivity index (χ1v) is 9.24. The molecule has 0 saturated heterocycles. The molecule has 2 amide bonds. The maximum absolute atomic E-state index is 12.0. The second-order valence-corrected chi connectivity index (χ2v) is 6.59. The van der Waals surface area contributed by atoms with Crippen molar-refractivity contribution in [1.29, 1.82) is 0 Å². The molecule has 0 radical (unpaired) electrons. The Morgan fingerprint density at radius 2 is 1.72 bits per heavy atom. The number of nitrogens with one attached hydrogen (secondary N) is 3. The van der Waals surface area contributed by atoms with Crippen LogP contribution in [-0.4, -0.2) is 31.1 Å². The largest absolute Gasteiger partial charge is 0.493 e. The van der Waals surface area contributed by atoms with Crippen LogP contribution < -0.4 is 25.6 Å². The maximum Gasteiger partial charge on any atom is 0.250 e. The Morgan fingerprint density at radius 1 is 1.03 bits per heavy atom. The zero-order valence-corrected chi connectivity index (χ0v) is 17.4. The molecule has 0 heterocycles. The minimum atomic E-state index is -0.454. The molecule has 152 valence electrons. The highest BCUT2D eigenvalue weighted by molar-refractivity contribution is 7.80. The molecule has 9 heteroatoms. The van der Waals surface area contributed by atoms with Crippen LogP contribution in [0.1, 0.15) is 11.1 Å². The van der Waals surface area contributed by atoms with E-state index in [1.807, 2.05) is 0 Å². The molecule has 0 atom stereocenters. The summed E-state index contributed by atoms with van der Waals surface area (Å²) in [7, 11) is 3.08. The summed E-state index contributed by atoms with van der Waals surface area (Å²) in [5.74, 6) is 0.374. The molecule has 0 aliphatic heterocycles. The molecule has 2 rings (SSSR count). The van der Waals surface area contributed by atoms with Crippen LogP contribution in [0.2, 0.25) is 5.02 Å². The molecule has 0 aliphatic carbocycles. The Hall–Kier alpha value is -3.10. The number of benzene rings is 2. The van der Waals surface area contributed by atoms with Crippen molar-refractivity contribution in [3.8, 4) is 11.5 Å². The van der Waals surface area contributed by atoms with Crippen LogP contribution in [0.15, 0.2) is 48.5 Å². The van der Waals surface area contributed by atoms with Gasteiger partial charge < -0.3 is 9.47 Å². The van der Waals surface area contributed by atoms with Crippen molar-refractivity contribution in [3.63, 3.8) is 0 Å². The van der Waals surface area contributed by atoms with E-state index in [4.69, 9.17) is 33.3 Å². The molecule has 2 aromatic rings. The van der Waals surface area contributed by atoms with Gasteiger partial charge in [-0.05, 0) is 53.7 Å². The van der Waals surface area contributed by atoms with Crippen LogP contribution >= 0.6 is 23.8 Å². The Labute approximate surface area is 179 Å². The zero-order chi connectivity index (χ0) is 21.2. The van der Waals surface area contributed by atoms with Crippen molar-refractivity contribution in [3.05, 3.63) is 64.7 Å². The third kappa shape index (κ3) is 7.44. The number of halogens is 1. The van der Waals surface area contributed by atoms with E-state index in [9.17, 15) is 9.59 Å². The van der Waals surface area contributed by atoms with Gasteiger partial charge in [-0.25, -0.2) is 0 Å². The Morgan fingerprint density at radius 3 is 2.38 bits per heavy atom. The van der Waals surface area contributed by atoms with Gasteiger partial charge in [0.1, 0.15) is 0 Å². The summed E-state index contributed by atoms with van der Waals surface area (Å²) in [5.41, 5.74) is 6.44. The fraction of sp³-hybridized carbons (Fsp3) is 0.150. The van der Waals surface area contributed by atoms with Gasteiger partial charge in [-0.15, -0.1) is 0 Å². The van der Waals surface area contributed by atoms with Gasteiger partial charge in [0.05, 0.1) is 20.6 Å². The van der Waals surface area contributed by atoms with Crippen molar-refractivity contribution >= 4 is 46.8 Å². The van der Waals surface area contributed by atoms with E-state index in [1.165, 1.54) is 13.2 Å². The SMILES string of the molecule is COc1ccc(/C=C/C(=O)NC(=S)NNC(=O)Cc2ccc(Cl)cc2)cc1OC. The van der Waals surface area contributed by atoms with Gasteiger partial charge in [0.2, 0.25) is 11.8 Å². The highest BCUT2D eigenvalue weighted by atomic mass is 35.5. The second kappa shape index (κ2) is 11.0. The van der Waals surface area contributed by atoms with Crippen molar-refractivity contribution in [2.45, 2.75) is 6.42 Å². The van der Waals surface area contributed by atoms with E-state index in [1.54, 1.807) is 55.7 Å². The van der Waals surface area contributed by atoms with E-state index in [-0.39, 0.29) is 17.4 Å². The number of thiocarbonyl (C=S) groups is 1. The molecule has 0 fully saturated rings. The van der Waals surface area contributed by atoms with Gasteiger partial charge in [-0.2, -0.15) is 0 Å². The van der Waals surface area contributed by atoms with Gasteiger partial charge in [0.25, 0.3) is 0 Å². The molecular weight excluding hydrogens is 414 g/mol. The van der Waals surface area contributed by atoms with Crippen LogP contribution in [0.5, 0.6) is 11.5 Å². The van der Waals surface area contributed by atoms with Gasteiger partial charge in [-0.3, -0.25) is 25.8 Å². The molecule has 0 unspecified atom stereocenters. The average Bonchev–Trinajstić information content (AvgIpc) is 2.72. The Balaban J connectivity index is 1.79. The lowest BCUT2D eigenvalue weighted by molar-refractivity contribution is -0.121. The Kier molecular flexibility index (Phi) is 8.45. The van der Waals surface area contributed by atoms with Crippen molar-refractivity contribution in [1.82, 2.24) is 16.2 Å². The van der Waals surface area contributed by atoms with Gasteiger partial charge >= 0.3 is 0 Å². The highest BCUT2D eigenvalue weighted by Crippen LogP contribution is 2.27. The summed E-state index contributed by atoms with van der Waals surface area (Å²) in [6.07, 6.45) is 3.05. The standard InChI is InChI=1S/C20H20ClN3O4S/c1-27-16-9-5-13(11-17(16)28-2)6-10-18(25)22-20(29)24-23-19(26)12-14-3-7-15(21)8-4-14/h3-11H,12H2,1-2H3,(H,23,26)(H2,22,24,25,29)/b10-6+. The number of hydrogen-bond donors (Lipinski definition) is 3. The third-order valence-corrected chi connectivity index (χ3v) is 4.12. The summed E-state index contributed by atoms with van der Waals surface area (Å²) >= 11 is 10.8. The van der Waals surface area contributed by atoms with E-state index < -0.39 is 5.91 Å². The van der Waals surface area contributed by atoms with Gasteiger partial charge in [0.15, 0.2) is 16.6 Å². The quantitative estimate of drug-likeness (QED) is 0.369. The zero-order valence-electron chi connectivity index (χ0n) is 15.8. The van der Waals surface area contributed by atoms with Crippen LogP contribution in [-0.2, 0) is 16.0 Å². The predicted octanol–water partition coefficient (Wildman–Crippen LogP) is 2.64. The van der Waals surface area contributed by atoms with E-state index in [0.29, 0.717) is 16.5 Å². The summed E-state index contributed by atoms with van der Waals surface area (Å²) in [6.45, 7) is 0. The minimum absolute atomic E-state index is 0.0311. The number of hydrogen-bond acceptors (Lipinski definition) is 5. The molecule has 0 aromatic heterocycles. The number of carbonyl (C=O) groups is 2. The molecule has 29 heavy (non-hydrogen) atoms. The number of hydrazine groups is 1. The van der Waals surface area contributed by atoms with Crippen molar-refractivity contribution in [2.24, 2.45) is 0 Å². The summed E-state index contributed by atoms with van der Waals surface area (Å²) in [4.78, 5) is 23.9. The topological polar surface area (TPSA) is 88.7 Å². The molecule has 2 aromatic carbocycles. The number of carbonyl (C=O) groups excluding carboxylic acids is 2. The summed E-state index contributed by atoms with van der Waals surface area (Å²) in [6, 6.07) is 12.1. The van der Waals surface area contributed by atoms with Gasteiger partial charge in [-0.1, -0.05) is 29.8 Å². The molecule has 0 spiro atoms. The first-order valence-electron chi connectivity index (χ1n) is 8.45. The second-order valence-electron chi connectivity index (χ2n) is 5.74. The van der Waals surface area contributed by atoms with Crippen LogP contribution in [0.25, 0.3) is 6.08 Å². The number of rotatable bonds is 6. The number of ether oxygens (including phenoxy) is 2. The van der Waals surface area contributed by atoms with E-state index in [2.05, 4.69) is 16.2 Å². The average molecular weight is 434 g/mol. The van der Waals surface area contributed by atoms with E-state index in [0.717, 1.165) is 11.1 Å². The fourth-order valence-corrected chi connectivity index (χ4v) is 2.55. The molecule has 3 N–H and O–H groups in total. The van der Waals surface area contributed by atoms with Crippen LogP contribution in [0.3, 0.4) is 0 Å². The van der Waals surface area contributed by atoms with E-state index >= 15 is 0 Å². The van der Waals surface area contributed by atoms with Crippen molar-refractivity contribution in [2.75, 3.05) is 14.2 Å².